The molecule has 0 aliphatic heterocycles. The second kappa shape index (κ2) is 5.79. The Morgan fingerprint density at radius 1 is 1.20 bits per heavy atom. The predicted molar refractivity (Wildman–Crippen MR) is 85.3 cm³/mol. The topological polar surface area (TPSA) is 49.8 Å². The van der Waals surface area contributed by atoms with Gasteiger partial charge in [0.25, 0.3) is 0 Å². The first kappa shape index (κ1) is 13.4. The van der Waals surface area contributed by atoms with Gasteiger partial charge in [-0.05, 0) is 40.4 Å². The number of anilines is 2. The molecular formula is C15H17BrN4. The van der Waals surface area contributed by atoms with Crippen molar-refractivity contribution in [2.45, 2.75) is 19.3 Å². The Hall–Kier alpha value is -1.62. The van der Waals surface area contributed by atoms with E-state index in [2.05, 4.69) is 60.8 Å². The van der Waals surface area contributed by atoms with Crippen LogP contribution in [0.25, 0.3) is 0 Å². The van der Waals surface area contributed by atoms with Gasteiger partial charge in [0.1, 0.15) is 22.4 Å². The van der Waals surface area contributed by atoms with Crippen molar-refractivity contribution in [3.63, 3.8) is 0 Å². The molecule has 4 nitrogen and oxygen atoms in total. The number of fused-ring (bicyclic) bond motifs is 1. The van der Waals surface area contributed by atoms with Crippen LogP contribution in [-0.2, 0) is 6.42 Å². The smallest absolute Gasteiger partial charge is 0.145 e. The summed E-state index contributed by atoms with van der Waals surface area (Å²) in [7, 11) is 0. The fraction of sp³-hybridized carbons (Fsp3) is 0.333. The van der Waals surface area contributed by atoms with E-state index in [9.17, 15) is 0 Å². The lowest BCUT2D eigenvalue weighted by molar-refractivity contribution is 0.634. The third-order valence-corrected chi connectivity index (χ3v) is 4.36. The van der Waals surface area contributed by atoms with Crippen LogP contribution in [-0.4, -0.2) is 23.1 Å². The van der Waals surface area contributed by atoms with Gasteiger partial charge in [-0.1, -0.05) is 24.3 Å². The van der Waals surface area contributed by atoms with Crippen LogP contribution in [0, 0.1) is 0 Å². The Morgan fingerprint density at radius 2 is 1.95 bits per heavy atom. The molecule has 1 atom stereocenters. The van der Waals surface area contributed by atoms with Gasteiger partial charge in [0.05, 0.1) is 0 Å². The normalized spacial score (nSPS) is 16.2. The van der Waals surface area contributed by atoms with Gasteiger partial charge >= 0.3 is 0 Å². The molecule has 20 heavy (non-hydrogen) atoms. The van der Waals surface area contributed by atoms with Crippen LogP contribution in [0.1, 0.15) is 24.0 Å². The quantitative estimate of drug-likeness (QED) is 0.880. The average molecular weight is 333 g/mol. The molecule has 3 rings (SSSR count). The van der Waals surface area contributed by atoms with Gasteiger partial charge in [0.2, 0.25) is 0 Å². The lowest BCUT2D eigenvalue weighted by atomic mass is 9.77. The van der Waals surface area contributed by atoms with E-state index < -0.39 is 0 Å². The first-order valence-corrected chi connectivity index (χ1v) is 7.65. The molecule has 1 aliphatic carbocycles. The number of nitrogens with one attached hydrogen (secondary N) is 2. The minimum absolute atomic E-state index is 0.579. The molecule has 1 aliphatic rings. The van der Waals surface area contributed by atoms with Crippen LogP contribution >= 0.6 is 15.9 Å². The van der Waals surface area contributed by atoms with Gasteiger partial charge in [0.15, 0.2) is 0 Å². The molecule has 1 aromatic heterocycles. The summed E-state index contributed by atoms with van der Waals surface area (Å²) in [6.07, 6.45) is 2.73. The zero-order valence-electron chi connectivity index (χ0n) is 11.4. The molecule has 0 spiro atoms. The first-order valence-electron chi connectivity index (χ1n) is 6.85. The van der Waals surface area contributed by atoms with Crippen molar-refractivity contribution in [1.82, 2.24) is 9.97 Å². The summed E-state index contributed by atoms with van der Waals surface area (Å²) in [6, 6.07) is 8.63. The molecular weight excluding hydrogens is 316 g/mol. The molecule has 2 aromatic rings. The maximum atomic E-state index is 4.30. The highest BCUT2D eigenvalue weighted by Crippen LogP contribution is 2.35. The zero-order chi connectivity index (χ0) is 13.9. The van der Waals surface area contributed by atoms with Crippen molar-refractivity contribution in [2.24, 2.45) is 0 Å². The van der Waals surface area contributed by atoms with E-state index in [1.54, 1.807) is 6.33 Å². The van der Waals surface area contributed by atoms with Crippen molar-refractivity contribution >= 4 is 27.6 Å². The summed E-state index contributed by atoms with van der Waals surface area (Å²) in [5.74, 6) is 2.26. The molecule has 1 unspecified atom stereocenters. The van der Waals surface area contributed by atoms with Crippen LogP contribution in [0.15, 0.2) is 35.1 Å². The highest BCUT2D eigenvalue weighted by molar-refractivity contribution is 9.10. The lowest BCUT2D eigenvalue weighted by Gasteiger charge is -2.30. The zero-order valence-corrected chi connectivity index (χ0v) is 12.9. The highest BCUT2D eigenvalue weighted by Gasteiger charge is 2.25. The lowest BCUT2D eigenvalue weighted by Crippen LogP contribution is -2.24. The van der Waals surface area contributed by atoms with Gasteiger partial charge in [0, 0.05) is 19.0 Å². The molecule has 2 N–H and O–H groups in total. The number of halogens is 1. The molecule has 0 saturated heterocycles. The van der Waals surface area contributed by atoms with E-state index in [1.807, 2.05) is 6.92 Å². The Kier molecular flexibility index (Phi) is 3.87. The second-order valence-corrected chi connectivity index (χ2v) is 5.69. The number of hydrogen-bond donors (Lipinski definition) is 2. The Labute approximate surface area is 127 Å². The molecule has 0 fully saturated rings. The SMILES string of the molecule is CCNc1ncnc(NCC2Cc3ccccc32)c1Br. The van der Waals surface area contributed by atoms with Gasteiger partial charge in [-0.15, -0.1) is 0 Å². The Bertz CT molecular complexity index is 615. The minimum atomic E-state index is 0.579. The molecule has 5 heteroatoms. The molecule has 0 saturated carbocycles. The fourth-order valence-electron chi connectivity index (χ4n) is 2.55. The molecule has 104 valence electrons. The molecule has 1 aromatic carbocycles. The van der Waals surface area contributed by atoms with E-state index in [4.69, 9.17) is 0 Å². The van der Waals surface area contributed by atoms with E-state index in [0.717, 1.165) is 35.6 Å². The number of benzene rings is 1. The molecule has 0 amide bonds. The summed E-state index contributed by atoms with van der Waals surface area (Å²) in [6.45, 7) is 3.79. The Balaban J connectivity index is 1.67. The third kappa shape index (κ3) is 2.50. The number of nitrogens with zero attached hydrogens (tertiary/aromatic N) is 2. The van der Waals surface area contributed by atoms with Crippen molar-refractivity contribution in [2.75, 3.05) is 23.7 Å². The van der Waals surface area contributed by atoms with Gasteiger partial charge in [-0.3, -0.25) is 0 Å². The van der Waals surface area contributed by atoms with Crippen molar-refractivity contribution in [3.05, 3.63) is 46.2 Å². The van der Waals surface area contributed by atoms with Crippen LogP contribution in [0.5, 0.6) is 0 Å². The Morgan fingerprint density at radius 3 is 2.70 bits per heavy atom. The third-order valence-electron chi connectivity index (χ3n) is 3.61. The van der Waals surface area contributed by atoms with Gasteiger partial charge in [-0.25, -0.2) is 9.97 Å². The van der Waals surface area contributed by atoms with Crippen molar-refractivity contribution in [3.8, 4) is 0 Å². The molecule has 0 bridgehead atoms. The number of rotatable bonds is 5. The van der Waals surface area contributed by atoms with Crippen LogP contribution in [0.3, 0.4) is 0 Å². The van der Waals surface area contributed by atoms with E-state index in [0.29, 0.717) is 5.92 Å². The van der Waals surface area contributed by atoms with E-state index >= 15 is 0 Å². The summed E-state index contributed by atoms with van der Waals surface area (Å²) in [5.41, 5.74) is 2.92. The standard InChI is InChI=1S/C15H17BrN4/c1-2-17-14-13(16)15(20-9-19-14)18-8-11-7-10-5-3-4-6-12(10)11/h3-6,9,11H,2,7-8H2,1H3,(H2,17,18,19,20). The van der Waals surface area contributed by atoms with Crippen LogP contribution < -0.4 is 10.6 Å². The monoisotopic (exact) mass is 332 g/mol. The first-order chi connectivity index (χ1) is 9.79. The maximum Gasteiger partial charge on any atom is 0.145 e. The van der Waals surface area contributed by atoms with Gasteiger partial charge < -0.3 is 10.6 Å². The summed E-state index contributed by atoms with van der Waals surface area (Å²) < 4.78 is 0.898. The number of hydrogen-bond acceptors (Lipinski definition) is 4. The van der Waals surface area contributed by atoms with E-state index in [-0.39, 0.29) is 0 Å². The summed E-state index contributed by atoms with van der Waals surface area (Å²) in [4.78, 5) is 8.52. The van der Waals surface area contributed by atoms with Crippen LogP contribution in [0.4, 0.5) is 11.6 Å². The van der Waals surface area contributed by atoms with Crippen molar-refractivity contribution in [1.29, 1.82) is 0 Å². The predicted octanol–water partition coefficient (Wildman–Crippen LogP) is 3.42. The fourth-order valence-corrected chi connectivity index (χ4v) is 3.03. The van der Waals surface area contributed by atoms with Gasteiger partial charge in [-0.2, -0.15) is 0 Å². The summed E-state index contributed by atoms with van der Waals surface area (Å²) in [5, 5.41) is 6.63. The largest absolute Gasteiger partial charge is 0.369 e. The minimum Gasteiger partial charge on any atom is -0.369 e. The highest BCUT2D eigenvalue weighted by atomic mass is 79.9. The average Bonchev–Trinajstić information content (AvgIpc) is 2.44. The van der Waals surface area contributed by atoms with E-state index in [1.165, 1.54) is 11.1 Å². The van der Waals surface area contributed by atoms with Crippen molar-refractivity contribution < 1.29 is 0 Å². The number of aromatic nitrogens is 2. The maximum absolute atomic E-state index is 4.30. The summed E-state index contributed by atoms with van der Waals surface area (Å²) >= 11 is 3.55. The molecule has 1 heterocycles. The second-order valence-electron chi connectivity index (χ2n) is 4.90. The van der Waals surface area contributed by atoms with Crippen LogP contribution in [0.2, 0.25) is 0 Å². The molecule has 0 radical (unpaired) electrons.